The summed E-state index contributed by atoms with van der Waals surface area (Å²) < 4.78 is 72.0. The third kappa shape index (κ3) is 11.1. The first-order valence-electron chi connectivity index (χ1n) is 15.6. The molecule has 2 fully saturated rings. The maximum absolute atomic E-state index is 13.7. The number of carbonyl (C=O) groups excluding carboxylic acids is 1. The highest BCUT2D eigenvalue weighted by atomic mass is 32.2. The van der Waals surface area contributed by atoms with Gasteiger partial charge in [0.1, 0.15) is 30.6 Å². The largest absolute Gasteiger partial charge is 0.497 e. The molecule has 0 spiro atoms. The van der Waals surface area contributed by atoms with Crippen LogP contribution in [0.2, 0.25) is 0 Å². The minimum atomic E-state index is -4.26. The summed E-state index contributed by atoms with van der Waals surface area (Å²) in [4.78, 5) is 31.0. The summed E-state index contributed by atoms with van der Waals surface area (Å²) in [6, 6.07) is 11.8. The summed E-state index contributed by atoms with van der Waals surface area (Å²) in [7, 11) is -6.81. The minimum Gasteiger partial charge on any atom is -0.497 e. The van der Waals surface area contributed by atoms with Crippen LogP contribution in [-0.4, -0.2) is 111 Å². The van der Waals surface area contributed by atoms with E-state index in [0.29, 0.717) is 30.1 Å². The van der Waals surface area contributed by atoms with Crippen LogP contribution in [0.3, 0.4) is 0 Å². The number of hydrogen-bond donors (Lipinski definition) is 4. The third-order valence-electron chi connectivity index (χ3n) is 7.80. The lowest BCUT2D eigenvalue weighted by atomic mass is 10.0. The molecule has 48 heavy (non-hydrogen) atoms. The fraction of sp³-hybridized carbons (Fsp3) is 0.581. The molecule has 1 amide bonds. The van der Waals surface area contributed by atoms with Crippen molar-refractivity contribution in [3.05, 3.63) is 54.1 Å². The Hall–Kier alpha value is -2.79. The van der Waals surface area contributed by atoms with E-state index < -0.39 is 54.6 Å². The van der Waals surface area contributed by atoms with Gasteiger partial charge in [-0.2, -0.15) is 4.31 Å². The van der Waals surface area contributed by atoms with Gasteiger partial charge in [-0.1, -0.05) is 26.0 Å². The fourth-order valence-corrected chi connectivity index (χ4v) is 7.43. The van der Waals surface area contributed by atoms with Crippen LogP contribution in [0.4, 0.5) is 4.79 Å². The summed E-state index contributed by atoms with van der Waals surface area (Å²) in [6.45, 7) is 4.27. The van der Waals surface area contributed by atoms with Gasteiger partial charge in [-0.3, -0.25) is 4.57 Å². The van der Waals surface area contributed by atoms with Gasteiger partial charge in [0.05, 0.1) is 49.9 Å². The molecule has 4 N–H and O–H groups in total. The number of aliphatic hydroxyl groups excluding tert-OH is 1. The number of ether oxygens (including phenoxy) is 6. The lowest BCUT2D eigenvalue weighted by molar-refractivity contribution is -0.0907. The number of hydrogen-bond acceptors (Lipinski definition) is 11. The number of methoxy groups -OCH3 is 1. The monoisotopic (exact) mass is 716 g/mol. The zero-order valence-electron chi connectivity index (χ0n) is 27.2. The Balaban J connectivity index is 1.47. The molecule has 5 atom stereocenters. The topological polar surface area (TPSA) is 200 Å². The molecular weight excluding hydrogens is 671 g/mol. The number of fused-ring (bicyclic) bond motifs is 1. The standard InChI is InChI=1S/C31H45N2O13PS/c1-21(2)17-33(48(39,40)25-10-8-23(41-3)9-11-25)18-28(34)27(32-31(35)46-29-19-45-30-26(29)12-13-44-30)16-22-4-6-24(7-5-22)43-15-14-42-20-47(36,37)38/h4-11,21,26-30,34H,12-20H2,1-3H3,(H,32,35)(H2,36,37,38)/t26-,27-,28+,29-,30+/m0/s1. The average Bonchev–Trinajstić information content (AvgIpc) is 3.65. The molecule has 0 bridgehead atoms. The summed E-state index contributed by atoms with van der Waals surface area (Å²) in [5.74, 6) is 0.802. The van der Waals surface area contributed by atoms with E-state index in [1.807, 2.05) is 13.8 Å². The van der Waals surface area contributed by atoms with Crippen molar-refractivity contribution in [2.45, 2.75) is 56.1 Å². The predicted molar refractivity (Wildman–Crippen MR) is 172 cm³/mol. The second-order valence-corrected chi connectivity index (χ2v) is 15.6. The third-order valence-corrected chi connectivity index (χ3v) is 10.2. The molecule has 17 heteroatoms. The van der Waals surface area contributed by atoms with E-state index in [9.17, 15) is 22.9 Å². The number of carbonyl (C=O) groups is 1. The maximum Gasteiger partial charge on any atom is 0.407 e. The van der Waals surface area contributed by atoms with Crippen molar-refractivity contribution in [1.82, 2.24) is 9.62 Å². The van der Waals surface area contributed by atoms with Gasteiger partial charge in [0.15, 0.2) is 6.29 Å². The SMILES string of the molecule is COc1ccc(S(=O)(=O)N(CC(C)C)C[C@@H](O)[C@H](Cc2ccc(OCCOCP(=O)(O)O)cc2)NC(=O)O[C@H]2CO[C@H]3OCC[C@H]32)cc1. The van der Waals surface area contributed by atoms with Gasteiger partial charge >= 0.3 is 13.7 Å². The van der Waals surface area contributed by atoms with Crippen LogP contribution in [-0.2, 0) is 40.0 Å². The molecule has 0 radical (unpaired) electrons. The molecular formula is C31H45N2O13PS. The Morgan fingerprint density at radius 3 is 2.38 bits per heavy atom. The van der Waals surface area contributed by atoms with Crippen LogP contribution in [0.25, 0.3) is 0 Å². The second kappa shape index (κ2) is 17.2. The smallest absolute Gasteiger partial charge is 0.407 e. The fourth-order valence-electron chi connectivity index (χ4n) is 5.44. The van der Waals surface area contributed by atoms with Crippen molar-refractivity contribution < 1.29 is 61.1 Å². The van der Waals surface area contributed by atoms with E-state index in [0.717, 1.165) is 0 Å². The van der Waals surface area contributed by atoms with Crippen molar-refractivity contribution in [3.63, 3.8) is 0 Å². The van der Waals surface area contributed by atoms with Gasteiger partial charge in [-0.05, 0) is 60.7 Å². The number of amides is 1. The van der Waals surface area contributed by atoms with Crippen LogP contribution >= 0.6 is 7.60 Å². The average molecular weight is 717 g/mol. The summed E-state index contributed by atoms with van der Waals surface area (Å²) in [5, 5.41) is 14.3. The zero-order valence-corrected chi connectivity index (χ0v) is 28.9. The lowest BCUT2D eigenvalue weighted by Gasteiger charge is -2.31. The quantitative estimate of drug-likeness (QED) is 0.130. The number of benzene rings is 2. The van der Waals surface area contributed by atoms with E-state index >= 15 is 0 Å². The van der Waals surface area contributed by atoms with Crippen LogP contribution < -0.4 is 14.8 Å². The number of sulfonamides is 1. The van der Waals surface area contributed by atoms with Crippen LogP contribution in [0, 0.1) is 11.8 Å². The molecule has 0 aromatic heterocycles. The Labute approximate surface area is 280 Å². The molecule has 2 aromatic carbocycles. The van der Waals surface area contributed by atoms with Crippen LogP contribution in [0.15, 0.2) is 53.4 Å². The first kappa shape index (κ1) is 38.0. The lowest BCUT2D eigenvalue weighted by Crippen LogP contribution is -2.51. The molecule has 2 aliphatic heterocycles. The summed E-state index contributed by atoms with van der Waals surface area (Å²) >= 11 is 0. The number of aliphatic hydroxyl groups is 1. The van der Waals surface area contributed by atoms with Gasteiger partial charge in [0.2, 0.25) is 10.0 Å². The molecule has 0 aliphatic carbocycles. The van der Waals surface area contributed by atoms with Gasteiger partial charge in [0.25, 0.3) is 0 Å². The predicted octanol–water partition coefficient (Wildman–Crippen LogP) is 2.33. The molecule has 2 saturated heterocycles. The Kier molecular flexibility index (Phi) is 13.6. The van der Waals surface area contributed by atoms with Crippen molar-refractivity contribution >= 4 is 23.7 Å². The van der Waals surface area contributed by atoms with Gasteiger partial charge < -0.3 is 48.6 Å². The summed E-state index contributed by atoms with van der Waals surface area (Å²) in [5.41, 5.74) is 0.700. The van der Waals surface area contributed by atoms with Crippen molar-refractivity contribution in [2.75, 3.05) is 53.0 Å². The first-order chi connectivity index (χ1) is 22.7. The number of alkyl carbamates (subject to hydrolysis) is 1. The highest BCUT2D eigenvalue weighted by Gasteiger charge is 2.44. The second-order valence-electron chi connectivity index (χ2n) is 12.1. The molecule has 2 aromatic rings. The van der Waals surface area contributed by atoms with E-state index in [1.165, 1.54) is 23.5 Å². The van der Waals surface area contributed by atoms with E-state index in [1.54, 1.807) is 36.4 Å². The van der Waals surface area contributed by atoms with Crippen molar-refractivity contribution in [3.8, 4) is 11.5 Å². The number of nitrogens with one attached hydrogen (secondary N) is 1. The zero-order chi connectivity index (χ0) is 34.9. The molecule has 0 unspecified atom stereocenters. The highest BCUT2D eigenvalue weighted by molar-refractivity contribution is 7.89. The van der Waals surface area contributed by atoms with Gasteiger partial charge in [-0.15, -0.1) is 0 Å². The van der Waals surface area contributed by atoms with E-state index in [-0.39, 0.29) is 56.1 Å². The molecule has 0 saturated carbocycles. The Morgan fingerprint density at radius 2 is 1.73 bits per heavy atom. The molecule has 2 heterocycles. The minimum absolute atomic E-state index is 0.0285. The first-order valence-corrected chi connectivity index (χ1v) is 18.9. The highest BCUT2D eigenvalue weighted by Crippen LogP contribution is 2.34. The van der Waals surface area contributed by atoms with Gasteiger partial charge in [-0.25, -0.2) is 13.2 Å². The Morgan fingerprint density at radius 1 is 1.04 bits per heavy atom. The molecule has 15 nitrogen and oxygen atoms in total. The number of nitrogens with zero attached hydrogens (tertiary/aromatic N) is 1. The van der Waals surface area contributed by atoms with Gasteiger partial charge in [0, 0.05) is 13.1 Å². The van der Waals surface area contributed by atoms with Crippen molar-refractivity contribution in [1.29, 1.82) is 0 Å². The van der Waals surface area contributed by atoms with E-state index in [4.69, 9.17) is 38.2 Å². The maximum atomic E-state index is 13.7. The normalized spacial score (nSPS) is 20.8. The van der Waals surface area contributed by atoms with Crippen LogP contribution in [0.5, 0.6) is 11.5 Å². The molecule has 2 aliphatic rings. The number of rotatable bonds is 18. The van der Waals surface area contributed by atoms with Crippen LogP contribution in [0.1, 0.15) is 25.8 Å². The molecule has 4 rings (SSSR count). The summed E-state index contributed by atoms with van der Waals surface area (Å²) in [6.07, 6.45) is -2.95. The van der Waals surface area contributed by atoms with Crippen molar-refractivity contribution in [2.24, 2.45) is 11.8 Å². The van der Waals surface area contributed by atoms with E-state index in [2.05, 4.69) is 5.32 Å². The molecule has 268 valence electrons. The Bertz CT molecular complexity index is 1470.